The molecule has 18 heavy (non-hydrogen) atoms. The zero-order chi connectivity index (χ0) is 12.7. The SMILES string of the molecule is CCOc1ccc2ncc3c(=O)n(C)[nH]c3c2c1. The quantitative estimate of drug-likeness (QED) is 0.746. The van der Waals surface area contributed by atoms with E-state index in [0.717, 1.165) is 22.2 Å². The third-order valence-corrected chi connectivity index (χ3v) is 2.96. The molecule has 92 valence electrons. The van der Waals surface area contributed by atoms with Crippen molar-refractivity contribution < 1.29 is 4.74 Å². The Morgan fingerprint density at radius 2 is 2.22 bits per heavy atom. The zero-order valence-electron chi connectivity index (χ0n) is 10.2. The molecule has 3 aromatic rings. The minimum absolute atomic E-state index is 0.0683. The first kappa shape index (κ1) is 10.8. The molecule has 0 atom stereocenters. The van der Waals surface area contributed by atoms with Crippen molar-refractivity contribution in [1.82, 2.24) is 14.8 Å². The molecule has 0 unspecified atom stereocenters. The van der Waals surface area contributed by atoms with E-state index in [4.69, 9.17) is 4.74 Å². The maximum Gasteiger partial charge on any atom is 0.275 e. The van der Waals surface area contributed by atoms with E-state index in [1.807, 2.05) is 25.1 Å². The minimum Gasteiger partial charge on any atom is -0.494 e. The molecule has 0 saturated carbocycles. The molecule has 0 amide bonds. The van der Waals surface area contributed by atoms with E-state index in [1.54, 1.807) is 13.2 Å². The predicted molar refractivity (Wildman–Crippen MR) is 70.0 cm³/mol. The lowest BCUT2D eigenvalue weighted by molar-refractivity contribution is 0.341. The number of aromatic nitrogens is 3. The van der Waals surface area contributed by atoms with E-state index in [0.29, 0.717) is 12.0 Å². The average Bonchev–Trinajstić information content (AvgIpc) is 2.66. The molecule has 3 rings (SSSR count). The number of nitrogens with zero attached hydrogens (tertiary/aromatic N) is 2. The van der Waals surface area contributed by atoms with Crippen molar-refractivity contribution in [2.24, 2.45) is 7.05 Å². The average molecular weight is 243 g/mol. The zero-order valence-corrected chi connectivity index (χ0v) is 10.2. The lowest BCUT2D eigenvalue weighted by Gasteiger charge is -2.04. The van der Waals surface area contributed by atoms with Crippen molar-refractivity contribution in [2.45, 2.75) is 6.92 Å². The van der Waals surface area contributed by atoms with Crippen molar-refractivity contribution in [3.05, 3.63) is 34.7 Å². The molecule has 0 aliphatic carbocycles. The van der Waals surface area contributed by atoms with Crippen LogP contribution in [0.2, 0.25) is 0 Å². The summed E-state index contributed by atoms with van der Waals surface area (Å²) >= 11 is 0. The number of hydrogen-bond acceptors (Lipinski definition) is 3. The van der Waals surface area contributed by atoms with Gasteiger partial charge >= 0.3 is 0 Å². The molecule has 0 fully saturated rings. The van der Waals surface area contributed by atoms with Gasteiger partial charge in [-0.1, -0.05) is 0 Å². The number of nitrogens with one attached hydrogen (secondary N) is 1. The lowest BCUT2D eigenvalue weighted by Crippen LogP contribution is -2.11. The summed E-state index contributed by atoms with van der Waals surface area (Å²) in [5, 5.41) is 4.54. The van der Waals surface area contributed by atoms with Crippen LogP contribution in [0.4, 0.5) is 0 Å². The molecule has 2 aromatic heterocycles. The highest BCUT2D eigenvalue weighted by atomic mass is 16.5. The van der Waals surface area contributed by atoms with Gasteiger partial charge in [0.05, 0.1) is 23.0 Å². The monoisotopic (exact) mass is 243 g/mol. The van der Waals surface area contributed by atoms with E-state index in [-0.39, 0.29) is 5.56 Å². The molecule has 0 radical (unpaired) electrons. The molecule has 0 spiro atoms. The van der Waals surface area contributed by atoms with E-state index >= 15 is 0 Å². The Balaban J connectivity index is 2.40. The van der Waals surface area contributed by atoms with E-state index in [1.165, 1.54) is 4.68 Å². The van der Waals surface area contributed by atoms with Gasteiger partial charge in [0.25, 0.3) is 5.56 Å². The van der Waals surface area contributed by atoms with Gasteiger partial charge in [0, 0.05) is 18.6 Å². The maximum absolute atomic E-state index is 11.8. The van der Waals surface area contributed by atoms with Crippen molar-refractivity contribution in [2.75, 3.05) is 6.61 Å². The van der Waals surface area contributed by atoms with Crippen LogP contribution in [0.1, 0.15) is 6.92 Å². The summed E-state index contributed by atoms with van der Waals surface area (Å²) in [4.78, 5) is 16.1. The fourth-order valence-electron chi connectivity index (χ4n) is 2.11. The molecule has 2 heterocycles. The highest BCUT2D eigenvalue weighted by Gasteiger charge is 2.09. The fourth-order valence-corrected chi connectivity index (χ4v) is 2.11. The summed E-state index contributed by atoms with van der Waals surface area (Å²) in [6, 6.07) is 5.68. The number of fused-ring (bicyclic) bond motifs is 3. The summed E-state index contributed by atoms with van der Waals surface area (Å²) in [6.45, 7) is 2.55. The summed E-state index contributed by atoms with van der Waals surface area (Å²) in [7, 11) is 1.70. The lowest BCUT2D eigenvalue weighted by atomic mass is 10.1. The first-order chi connectivity index (χ1) is 8.70. The predicted octanol–water partition coefficient (Wildman–Crippen LogP) is 1.81. The Kier molecular flexibility index (Phi) is 2.33. The highest BCUT2D eigenvalue weighted by Crippen LogP contribution is 2.24. The van der Waals surface area contributed by atoms with Gasteiger partial charge in [-0.05, 0) is 25.1 Å². The topological polar surface area (TPSA) is 59.9 Å². The van der Waals surface area contributed by atoms with Crippen molar-refractivity contribution in [3.8, 4) is 5.75 Å². The summed E-state index contributed by atoms with van der Waals surface area (Å²) < 4.78 is 6.93. The third-order valence-electron chi connectivity index (χ3n) is 2.96. The number of rotatable bonds is 2. The summed E-state index contributed by atoms with van der Waals surface area (Å²) in [5.41, 5.74) is 1.57. The molecular weight excluding hydrogens is 230 g/mol. The standard InChI is InChI=1S/C13H13N3O2/c1-3-18-8-4-5-11-9(6-8)12-10(7-14-11)13(17)16(2)15-12/h4-7,15H,3H2,1-2H3. The van der Waals surface area contributed by atoms with Crippen molar-refractivity contribution >= 4 is 21.8 Å². The second kappa shape index (κ2) is 3.87. The number of pyridine rings is 1. The Bertz CT molecular complexity index is 786. The Labute approximate surface area is 103 Å². The van der Waals surface area contributed by atoms with Gasteiger partial charge in [0.2, 0.25) is 0 Å². The molecular formula is C13H13N3O2. The van der Waals surface area contributed by atoms with Gasteiger partial charge in [-0.3, -0.25) is 19.6 Å². The molecule has 1 aromatic carbocycles. The number of aryl methyl sites for hydroxylation is 1. The number of aromatic amines is 1. The van der Waals surface area contributed by atoms with E-state index in [2.05, 4.69) is 10.1 Å². The van der Waals surface area contributed by atoms with Crippen LogP contribution in [0, 0.1) is 0 Å². The fraction of sp³-hybridized carbons (Fsp3) is 0.231. The Hall–Kier alpha value is -2.30. The molecule has 0 saturated heterocycles. The second-order valence-electron chi connectivity index (χ2n) is 4.13. The Morgan fingerprint density at radius 1 is 1.39 bits per heavy atom. The van der Waals surface area contributed by atoms with Gasteiger partial charge < -0.3 is 4.74 Å². The van der Waals surface area contributed by atoms with Gasteiger partial charge in [-0.15, -0.1) is 0 Å². The van der Waals surface area contributed by atoms with E-state index in [9.17, 15) is 4.79 Å². The number of hydrogen-bond donors (Lipinski definition) is 1. The minimum atomic E-state index is -0.0683. The summed E-state index contributed by atoms with van der Waals surface area (Å²) in [5.74, 6) is 0.781. The van der Waals surface area contributed by atoms with Gasteiger partial charge in [0.15, 0.2) is 0 Å². The number of ether oxygens (including phenoxy) is 1. The van der Waals surface area contributed by atoms with Gasteiger partial charge in [-0.25, -0.2) is 0 Å². The maximum atomic E-state index is 11.8. The van der Waals surface area contributed by atoms with Crippen LogP contribution >= 0.6 is 0 Å². The van der Waals surface area contributed by atoms with E-state index < -0.39 is 0 Å². The van der Waals surface area contributed by atoms with Crippen LogP contribution in [0.5, 0.6) is 5.75 Å². The van der Waals surface area contributed by atoms with Crippen molar-refractivity contribution in [1.29, 1.82) is 0 Å². The first-order valence-electron chi connectivity index (χ1n) is 5.81. The van der Waals surface area contributed by atoms with Crippen LogP contribution in [-0.2, 0) is 7.05 Å². The highest BCUT2D eigenvalue weighted by molar-refractivity contribution is 6.03. The van der Waals surface area contributed by atoms with Crippen LogP contribution in [0.25, 0.3) is 21.8 Å². The van der Waals surface area contributed by atoms with Crippen LogP contribution in [0.15, 0.2) is 29.2 Å². The Morgan fingerprint density at radius 3 is 3.00 bits per heavy atom. The normalized spacial score (nSPS) is 11.2. The third kappa shape index (κ3) is 1.48. The summed E-state index contributed by atoms with van der Waals surface area (Å²) in [6.07, 6.45) is 1.61. The van der Waals surface area contributed by atoms with Crippen LogP contribution in [0.3, 0.4) is 0 Å². The van der Waals surface area contributed by atoms with Gasteiger partial charge in [-0.2, -0.15) is 0 Å². The van der Waals surface area contributed by atoms with Crippen LogP contribution in [-0.4, -0.2) is 21.4 Å². The molecule has 0 aliphatic rings. The molecule has 5 heteroatoms. The molecule has 1 N–H and O–H groups in total. The second-order valence-corrected chi connectivity index (χ2v) is 4.13. The number of H-pyrrole nitrogens is 1. The van der Waals surface area contributed by atoms with Gasteiger partial charge in [0.1, 0.15) is 5.75 Å². The van der Waals surface area contributed by atoms with Crippen molar-refractivity contribution in [3.63, 3.8) is 0 Å². The van der Waals surface area contributed by atoms with Crippen LogP contribution < -0.4 is 10.3 Å². The smallest absolute Gasteiger partial charge is 0.275 e. The molecule has 5 nitrogen and oxygen atoms in total. The molecule has 0 aliphatic heterocycles. The largest absolute Gasteiger partial charge is 0.494 e. The first-order valence-corrected chi connectivity index (χ1v) is 5.81. The number of benzene rings is 1. The molecule has 0 bridgehead atoms.